The van der Waals surface area contributed by atoms with Crippen molar-refractivity contribution in [3.63, 3.8) is 0 Å². The molecule has 0 bridgehead atoms. The summed E-state index contributed by atoms with van der Waals surface area (Å²) in [5.74, 6) is 1.42. The summed E-state index contributed by atoms with van der Waals surface area (Å²) in [4.78, 5) is 29.2. The summed E-state index contributed by atoms with van der Waals surface area (Å²) in [7, 11) is 0. The van der Waals surface area contributed by atoms with Crippen LogP contribution in [-0.4, -0.2) is 84.4 Å². The Balaban J connectivity index is 1.80. The van der Waals surface area contributed by atoms with Crippen LogP contribution in [0.1, 0.15) is 25.0 Å². The molecule has 41 heavy (non-hydrogen) atoms. The normalized spacial score (nSPS) is 12.8. The first-order valence-electron chi connectivity index (χ1n) is 13.1. The van der Waals surface area contributed by atoms with Crippen molar-refractivity contribution in [2.75, 3.05) is 59.5 Å². The zero-order valence-corrected chi connectivity index (χ0v) is 27.0. The largest absolute Gasteiger partial charge is 0.369 e. The molecule has 0 saturated heterocycles. The Labute approximate surface area is 266 Å². The molecule has 0 aliphatic carbocycles. The Morgan fingerprint density at radius 1 is 0.683 bits per heavy atom. The lowest BCUT2D eigenvalue weighted by molar-refractivity contribution is -0.120. The van der Waals surface area contributed by atoms with E-state index >= 15 is 0 Å². The van der Waals surface area contributed by atoms with Crippen molar-refractivity contribution in [1.82, 2.24) is 10.9 Å². The molecule has 0 fully saturated rings. The minimum atomic E-state index is -0.504. The van der Waals surface area contributed by atoms with Crippen LogP contribution in [0.4, 0.5) is 11.4 Å². The molecule has 8 nitrogen and oxygen atoms in total. The van der Waals surface area contributed by atoms with Crippen molar-refractivity contribution in [2.45, 2.75) is 24.3 Å². The standard InChI is InChI=1S/C28H36Cl4N6O2S/c1-21(27(39)35-33-19-23-3-7-25(8-4-23)37(15-11-29)16-12-30)41-22(2)28(40)36-34-20-24-5-9-26(10-6-24)38(17-13-31)18-14-32/h3-10,19-22H,11-18H2,1-2H3,(H,35,39)(H,36,40)/b33-19+,34-20+. The van der Waals surface area contributed by atoms with Crippen LogP contribution in [-0.2, 0) is 9.59 Å². The molecule has 0 aliphatic rings. The quantitative estimate of drug-likeness (QED) is 0.128. The van der Waals surface area contributed by atoms with Gasteiger partial charge in [-0.3, -0.25) is 9.59 Å². The van der Waals surface area contributed by atoms with E-state index < -0.39 is 10.5 Å². The van der Waals surface area contributed by atoms with E-state index in [1.807, 2.05) is 48.5 Å². The SMILES string of the molecule is CC(SC(C)C(=O)N/N=C/c1ccc(N(CCCl)CCCl)cc1)C(=O)N/N=C/c1ccc(N(CCCl)CCCl)cc1. The number of nitrogens with zero attached hydrogens (tertiary/aromatic N) is 4. The van der Waals surface area contributed by atoms with E-state index in [-0.39, 0.29) is 11.8 Å². The van der Waals surface area contributed by atoms with Gasteiger partial charge < -0.3 is 9.80 Å². The maximum atomic E-state index is 12.5. The Morgan fingerprint density at radius 2 is 1.00 bits per heavy atom. The van der Waals surface area contributed by atoms with Crippen LogP contribution in [0.25, 0.3) is 0 Å². The summed E-state index contributed by atoms with van der Waals surface area (Å²) in [6.07, 6.45) is 3.13. The minimum Gasteiger partial charge on any atom is -0.369 e. The molecule has 2 atom stereocenters. The lowest BCUT2D eigenvalue weighted by atomic mass is 10.2. The van der Waals surface area contributed by atoms with Crippen LogP contribution in [0.3, 0.4) is 0 Å². The van der Waals surface area contributed by atoms with E-state index in [4.69, 9.17) is 46.4 Å². The molecule has 2 aromatic carbocycles. The molecule has 2 aromatic rings. The number of hydrazone groups is 2. The van der Waals surface area contributed by atoms with Gasteiger partial charge >= 0.3 is 0 Å². The average molecular weight is 663 g/mol. The highest BCUT2D eigenvalue weighted by Gasteiger charge is 2.21. The van der Waals surface area contributed by atoms with Gasteiger partial charge in [-0.1, -0.05) is 24.3 Å². The Kier molecular flexibility index (Phi) is 17.0. The van der Waals surface area contributed by atoms with Gasteiger partial charge in [0.15, 0.2) is 0 Å². The Bertz CT molecular complexity index is 1020. The number of carbonyl (C=O) groups is 2. The number of halogens is 4. The van der Waals surface area contributed by atoms with Crippen molar-refractivity contribution in [2.24, 2.45) is 10.2 Å². The summed E-state index contributed by atoms with van der Waals surface area (Å²) < 4.78 is 0. The second-order valence-electron chi connectivity index (χ2n) is 8.80. The molecule has 13 heteroatoms. The predicted molar refractivity (Wildman–Crippen MR) is 178 cm³/mol. The van der Waals surface area contributed by atoms with Crippen LogP contribution >= 0.6 is 58.2 Å². The molecule has 0 spiro atoms. The molecule has 224 valence electrons. The van der Waals surface area contributed by atoms with Crippen LogP contribution in [0.5, 0.6) is 0 Å². The molecule has 0 heterocycles. The number of benzene rings is 2. The predicted octanol–water partition coefficient (Wildman–Crippen LogP) is 5.37. The molecular weight excluding hydrogens is 626 g/mol. The molecular formula is C28H36Cl4N6O2S. The van der Waals surface area contributed by atoms with Crippen molar-refractivity contribution < 1.29 is 9.59 Å². The summed E-state index contributed by atoms with van der Waals surface area (Å²) in [6, 6.07) is 15.4. The monoisotopic (exact) mass is 660 g/mol. The zero-order valence-electron chi connectivity index (χ0n) is 23.1. The molecule has 0 aliphatic heterocycles. The van der Waals surface area contributed by atoms with Crippen molar-refractivity contribution in [3.05, 3.63) is 59.7 Å². The maximum absolute atomic E-state index is 12.5. The summed E-state index contributed by atoms with van der Waals surface area (Å²) in [5.41, 5.74) is 8.74. The highest BCUT2D eigenvalue weighted by atomic mass is 35.5. The molecule has 0 aromatic heterocycles. The highest BCUT2D eigenvalue weighted by Crippen LogP contribution is 2.19. The molecule has 0 saturated carbocycles. The van der Waals surface area contributed by atoms with Crippen LogP contribution in [0.15, 0.2) is 58.7 Å². The van der Waals surface area contributed by atoms with Gasteiger partial charge in [-0.05, 0) is 49.2 Å². The van der Waals surface area contributed by atoms with Gasteiger partial charge in [0.2, 0.25) is 0 Å². The van der Waals surface area contributed by atoms with E-state index in [1.54, 1.807) is 26.3 Å². The Morgan fingerprint density at radius 3 is 1.29 bits per heavy atom. The number of hydrogen-bond donors (Lipinski definition) is 2. The fraction of sp³-hybridized carbons (Fsp3) is 0.429. The van der Waals surface area contributed by atoms with E-state index in [0.29, 0.717) is 49.7 Å². The molecule has 0 radical (unpaired) electrons. The molecule has 2 rings (SSSR count). The van der Waals surface area contributed by atoms with Gasteiger partial charge in [0.25, 0.3) is 11.8 Å². The number of anilines is 2. The lowest BCUT2D eigenvalue weighted by Gasteiger charge is -2.22. The number of nitrogens with one attached hydrogen (secondary N) is 2. The van der Waals surface area contributed by atoms with E-state index in [9.17, 15) is 9.59 Å². The molecule has 2 N–H and O–H groups in total. The fourth-order valence-corrected chi connectivity index (χ4v) is 5.42. The minimum absolute atomic E-state index is 0.307. The topological polar surface area (TPSA) is 89.4 Å². The summed E-state index contributed by atoms with van der Waals surface area (Å²) in [6.45, 7) is 6.25. The molecule has 2 unspecified atom stereocenters. The third-order valence-electron chi connectivity index (χ3n) is 5.86. The third-order valence-corrected chi connectivity index (χ3v) is 7.78. The Hall–Kier alpha value is -2.17. The molecule has 2 amide bonds. The van der Waals surface area contributed by atoms with Crippen molar-refractivity contribution in [3.8, 4) is 0 Å². The van der Waals surface area contributed by atoms with Gasteiger partial charge in [0, 0.05) is 61.1 Å². The van der Waals surface area contributed by atoms with E-state index in [2.05, 4.69) is 30.9 Å². The highest BCUT2D eigenvalue weighted by molar-refractivity contribution is 8.01. The third kappa shape index (κ3) is 12.7. The van der Waals surface area contributed by atoms with Gasteiger partial charge in [-0.2, -0.15) is 10.2 Å². The second kappa shape index (κ2) is 19.9. The summed E-state index contributed by atoms with van der Waals surface area (Å²) in [5, 5.41) is 7.09. The van der Waals surface area contributed by atoms with Crippen LogP contribution < -0.4 is 20.7 Å². The first-order valence-corrected chi connectivity index (χ1v) is 16.2. The van der Waals surface area contributed by atoms with Gasteiger partial charge in [0.1, 0.15) is 0 Å². The number of alkyl halides is 4. The first kappa shape index (κ1) is 35.0. The number of amides is 2. The van der Waals surface area contributed by atoms with E-state index in [1.165, 1.54) is 11.8 Å². The van der Waals surface area contributed by atoms with Crippen LogP contribution in [0, 0.1) is 0 Å². The van der Waals surface area contributed by atoms with Crippen LogP contribution in [0.2, 0.25) is 0 Å². The smallest absolute Gasteiger partial charge is 0.252 e. The second-order valence-corrected chi connectivity index (χ2v) is 12.0. The number of rotatable bonds is 18. The van der Waals surface area contributed by atoms with Crippen molar-refractivity contribution >= 4 is 93.8 Å². The van der Waals surface area contributed by atoms with Crippen molar-refractivity contribution in [1.29, 1.82) is 0 Å². The van der Waals surface area contributed by atoms with Gasteiger partial charge in [-0.25, -0.2) is 10.9 Å². The fourth-order valence-electron chi connectivity index (χ4n) is 3.64. The lowest BCUT2D eigenvalue weighted by Crippen LogP contribution is -2.33. The van der Waals surface area contributed by atoms with Gasteiger partial charge in [-0.15, -0.1) is 58.2 Å². The average Bonchev–Trinajstić information content (AvgIpc) is 2.97. The van der Waals surface area contributed by atoms with Gasteiger partial charge in [0.05, 0.1) is 22.9 Å². The summed E-state index contributed by atoms with van der Waals surface area (Å²) >= 11 is 24.7. The number of thioether (sulfide) groups is 1. The number of carbonyl (C=O) groups excluding carboxylic acids is 2. The number of hydrogen-bond acceptors (Lipinski definition) is 7. The zero-order chi connectivity index (χ0) is 30.0. The maximum Gasteiger partial charge on any atom is 0.252 e. The first-order chi connectivity index (χ1) is 19.8. The van der Waals surface area contributed by atoms with E-state index in [0.717, 1.165) is 22.5 Å².